The molecular formula is C17H16ClN3O4S. The molecule has 26 heavy (non-hydrogen) atoms. The molecule has 0 aliphatic carbocycles. The van der Waals surface area contributed by atoms with Gasteiger partial charge in [0.2, 0.25) is 21.7 Å². The Morgan fingerprint density at radius 3 is 2.58 bits per heavy atom. The van der Waals surface area contributed by atoms with E-state index in [1.165, 1.54) is 0 Å². The summed E-state index contributed by atoms with van der Waals surface area (Å²) in [6.07, 6.45) is 0. The first kappa shape index (κ1) is 18.4. The molecule has 0 unspecified atom stereocenters. The molecule has 0 radical (unpaired) electrons. The average molecular weight is 394 g/mol. The van der Waals surface area contributed by atoms with Gasteiger partial charge in [0.1, 0.15) is 5.75 Å². The van der Waals surface area contributed by atoms with Crippen molar-refractivity contribution < 1.29 is 17.7 Å². The van der Waals surface area contributed by atoms with E-state index in [1.54, 1.807) is 55.6 Å². The third-order valence-corrected chi connectivity index (χ3v) is 5.21. The molecule has 7 nitrogen and oxygen atoms in total. The van der Waals surface area contributed by atoms with Gasteiger partial charge >= 0.3 is 0 Å². The van der Waals surface area contributed by atoms with Crippen molar-refractivity contribution in [2.75, 3.05) is 7.11 Å². The molecule has 9 heteroatoms. The van der Waals surface area contributed by atoms with Crippen molar-refractivity contribution in [3.8, 4) is 17.1 Å². The van der Waals surface area contributed by atoms with Crippen LogP contribution in [0.4, 0.5) is 0 Å². The number of halogens is 1. The van der Waals surface area contributed by atoms with Crippen LogP contribution in [-0.4, -0.2) is 25.7 Å². The highest BCUT2D eigenvalue weighted by molar-refractivity contribution is 7.88. The van der Waals surface area contributed by atoms with Crippen molar-refractivity contribution in [1.29, 1.82) is 0 Å². The zero-order chi connectivity index (χ0) is 18.6. The summed E-state index contributed by atoms with van der Waals surface area (Å²) in [5, 5.41) is 4.26. The molecular weight excluding hydrogens is 378 g/mol. The van der Waals surface area contributed by atoms with Gasteiger partial charge in [0, 0.05) is 10.6 Å². The van der Waals surface area contributed by atoms with Crippen molar-refractivity contribution in [1.82, 2.24) is 14.9 Å². The monoisotopic (exact) mass is 393 g/mol. The summed E-state index contributed by atoms with van der Waals surface area (Å²) >= 11 is 6.00. The predicted octanol–water partition coefficient (Wildman–Crippen LogP) is 3.02. The van der Waals surface area contributed by atoms with Gasteiger partial charge in [0.15, 0.2) is 0 Å². The van der Waals surface area contributed by atoms with Gasteiger partial charge in [-0.1, -0.05) is 35.0 Å². The van der Waals surface area contributed by atoms with E-state index in [2.05, 4.69) is 14.9 Å². The largest absolute Gasteiger partial charge is 0.497 e. The molecule has 0 amide bonds. The molecule has 3 rings (SSSR count). The lowest BCUT2D eigenvalue weighted by Crippen LogP contribution is -2.25. The van der Waals surface area contributed by atoms with Crippen LogP contribution in [0.2, 0.25) is 5.02 Å². The van der Waals surface area contributed by atoms with E-state index < -0.39 is 10.0 Å². The average Bonchev–Trinajstić information content (AvgIpc) is 3.11. The van der Waals surface area contributed by atoms with Gasteiger partial charge in [-0.15, -0.1) is 0 Å². The normalized spacial score (nSPS) is 11.5. The summed E-state index contributed by atoms with van der Waals surface area (Å²) in [4.78, 5) is 4.19. The van der Waals surface area contributed by atoms with Gasteiger partial charge in [0.05, 0.1) is 19.4 Å². The van der Waals surface area contributed by atoms with Crippen molar-refractivity contribution in [3.05, 3.63) is 65.0 Å². The van der Waals surface area contributed by atoms with Gasteiger partial charge in [0.25, 0.3) is 0 Å². The van der Waals surface area contributed by atoms with Crippen LogP contribution < -0.4 is 9.46 Å². The van der Waals surface area contributed by atoms with Crippen LogP contribution in [0.15, 0.2) is 53.1 Å². The number of benzene rings is 2. The number of hydrogen-bond acceptors (Lipinski definition) is 6. The summed E-state index contributed by atoms with van der Waals surface area (Å²) in [7, 11) is -2.02. The molecule has 0 saturated carbocycles. The Morgan fingerprint density at radius 2 is 1.88 bits per heavy atom. The van der Waals surface area contributed by atoms with Crippen LogP contribution in [0.3, 0.4) is 0 Å². The second-order valence-corrected chi connectivity index (χ2v) is 7.63. The first-order chi connectivity index (χ1) is 12.5. The van der Waals surface area contributed by atoms with E-state index in [4.69, 9.17) is 20.9 Å². The van der Waals surface area contributed by atoms with Crippen molar-refractivity contribution in [3.63, 3.8) is 0 Å². The lowest BCUT2D eigenvalue weighted by molar-refractivity contribution is 0.376. The maximum atomic E-state index is 12.2. The van der Waals surface area contributed by atoms with E-state index in [-0.39, 0.29) is 18.2 Å². The number of methoxy groups -OCH3 is 1. The molecule has 0 aliphatic heterocycles. The van der Waals surface area contributed by atoms with Crippen LogP contribution >= 0.6 is 11.6 Å². The molecule has 0 spiro atoms. The fourth-order valence-corrected chi connectivity index (χ4v) is 3.62. The maximum Gasteiger partial charge on any atom is 0.242 e. The van der Waals surface area contributed by atoms with Gasteiger partial charge in [-0.2, -0.15) is 4.98 Å². The number of aromatic nitrogens is 2. The lowest BCUT2D eigenvalue weighted by atomic mass is 10.2. The number of nitrogens with zero attached hydrogens (tertiary/aromatic N) is 2. The second-order valence-electron chi connectivity index (χ2n) is 5.41. The van der Waals surface area contributed by atoms with Gasteiger partial charge in [-0.25, -0.2) is 13.1 Å². The minimum Gasteiger partial charge on any atom is -0.497 e. The Morgan fingerprint density at radius 1 is 1.15 bits per heavy atom. The quantitative estimate of drug-likeness (QED) is 0.663. The molecule has 0 saturated heterocycles. The van der Waals surface area contributed by atoms with E-state index >= 15 is 0 Å². The molecule has 0 fully saturated rings. The smallest absolute Gasteiger partial charge is 0.242 e. The first-order valence-electron chi connectivity index (χ1n) is 7.64. The molecule has 136 valence electrons. The second kappa shape index (κ2) is 7.86. The summed E-state index contributed by atoms with van der Waals surface area (Å²) < 4.78 is 37.0. The Bertz CT molecular complexity index is 987. The SMILES string of the molecule is COc1ccc(-c2noc(CNS(=O)(=O)Cc3ccccc3Cl)n2)cc1. The maximum absolute atomic E-state index is 12.2. The van der Waals surface area contributed by atoms with Crippen molar-refractivity contribution >= 4 is 21.6 Å². The Labute approximate surface area is 156 Å². The molecule has 0 atom stereocenters. The lowest BCUT2D eigenvalue weighted by Gasteiger charge is -2.06. The zero-order valence-corrected chi connectivity index (χ0v) is 15.4. The number of nitrogens with one attached hydrogen (secondary N) is 1. The minimum absolute atomic E-state index is 0.101. The summed E-state index contributed by atoms with van der Waals surface area (Å²) in [6.45, 7) is -0.101. The van der Waals surface area contributed by atoms with Crippen molar-refractivity contribution in [2.45, 2.75) is 12.3 Å². The summed E-state index contributed by atoms with van der Waals surface area (Å²) in [6, 6.07) is 13.9. The summed E-state index contributed by atoms with van der Waals surface area (Å²) in [5.41, 5.74) is 1.26. The minimum atomic E-state index is -3.60. The molecule has 1 heterocycles. The third-order valence-electron chi connectivity index (χ3n) is 3.56. The Kier molecular flexibility index (Phi) is 5.55. The molecule has 1 aromatic heterocycles. The summed E-state index contributed by atoms with van der Waals surface area (Å²) in [5.74, 6) is 1.02. The van der Waals surface area contributed by atoms with E-state index in [9.17, 15) is 8.42 Å². The van der Waals surface area contributed by atoms with E-state index in [1.807, 2.05) is 0 Å². The zero-order valence-electron chi connectivity index (χ0n) is 13.8. The number of rotatable bonds is 7. The Balaban J connectivity index is 1.64. The number of ether oxygens (including phenoxy) is 1. The highest BCUT2D eigenvalue weighted by atomic mass is 35.5. The first-order valence-corrected chi connectivity index (χ1v) is 9.67. The fraction of sp³-hybridized carbons (Fsp3) is 0.176. The molecule has 1 N–H and O–H groups in total. The molecule has 2 aromatic carbocycles. The molecule has 0 aliphatic rings. The third kappa shape index (κ3) is 4.60. The van der Waals surface area contributed by atoms with E-state index in [0.29, 0.717) is 22.2 Å². The van der Waals surface area contributed by atoms with Gasteiger partial charge in [-0.3, -0.25) is 0 Å². The topological polar surface area (TPSA) is 94.3 Å². The van der Waals surface area contributed by atoms with Gasteiger partial charge < -0.3 is 9.26 Å². The fourth-order valence-electron chi connectivity index (χ4n) is 2.23. The Hall–Kier alpha value is -2.42. The highest BCUT2D eigenvalue weighted by Gasteiger charge is 2.16. The van der Waals surface area contributed by atoms with Crippen LogP contribution in [0.5, 0.6) is 5.75 Å². The van der Waals surface area contributed by atoms with Crippen LogP contribution in [0, 0.1) is 0 Å². The standard InChI is InChI=1S/C17H16ClN3O4S/c1-24-14-8-6-12(7-9-14)17-20-16(25-21-17)10-19-26(22,23)11-13-4-2-3-5-15(13)18/h2-9,19H,10-11H2,1H3. The van der Waals surface area contributed by atoms with Crippen LogP contribution in [0.25, 0.3) is 11.4 Å². The van der Waals surface area contributed by atoms with Crippen molar-refractivity contribution in [2.24, 2.45) is 0 Å². The molecule has 3 aromatic rings. The number of hydrogen-bond donors (Lipinski definition) is 1. The predicted molar refractivity (Wildman–Crippen MR) is 97.2 cm³/mol. The van der Waals surface area contributed by atoms with E-state index in [0.717, 1.165) is 5.56 Å². The van der Waals surface area contributed by atoms with Crippen LogP contribution in [0.1, 0.15) is 11.5 Å². The highest BCUT2D eigenvalue weighted by Crippen LogP contribution is 2.20. The molecule has 0 bridgehead atoms. The van der Waals surface area contributed by atoms with Gasteiger partial charge in [-0.05, 0) is 35.9 Å². The van der Waals surface area contributed by atoms with Crippen LogP contribution in [-0.2, 0) is 22.3 Å². The number of sulfonamides is 1.